The lowest BCUT2D eigenvalue weighted by Gasteiger charge is -2.39. The molecule has 0 heterocycles. The van der Waals surface area contributed by atoms with Crippen LogP contribution in [0.2, 0.25) is 0 Å². The Balaban J connectivity index is 6.15. The molecule has 49 heavy (non-hydrogen) atoms. The maximum absolute atomic E-state index is 13.7. The van der Waals surface area contributed by atoms with Crippen LogP contribution < -0.4 is 0 Å². The lowest BCUT2D eigenvalue weighted by molar-refractivity contribution is -0.433. The van der Waals surface area contributed by atoms with E-state index in [1.165, 1.54) is 0 Å². The lowest BCUT2D eigenvalue weighted by atomic mass is 9.98. The van der Waals surface area contributed by atoms with E-state index >= 15 is 0 Å². The summed E-state index contributed by atoms with van der Waals surface area (Å²) < 4.78 is 389. The molecule has 0 amide bonds. The zero-order valence-electron chi connectivity index (χ0n) is 21.2. The lowest BCUT2D eigenvalue weighted by Crippen LogP contribution is -2.71. The van der Waals surface area contributed by atoms with Crippen molar-refractivity contribution < 1.29 is 139 Å². The molecule has 0 unspecified atom stereocenters. The van der Waals surface area contributed by atoms with E-state index in [0.717, 1.165) is 0 Å². The third-order valence-corrected chi connectivity index (χ3v) is 7.93. The van der Waals surface area contributed by atoms with Gasteiger partial charge in [-0.25, -0.2) is 0 Å². The average molecular weight is 840 g/mol. The maximum atomic E-state index is 13.7. The molecule has 296 valence electrons. The maximum Gasteiger partial charge on any atom is 0.460 e. The van der Waals surface area contributed by atoms with Gasteiger partial charge in [-0.2, -0.15) is 131 Å². The Bertz CT molecular complexity index is 1300. The first kappa shape index (κ1) is 47.0. The van der Waals surface area contributed by atoms with Crippen molar-refractivity contribution in [3.8, 4) is 0 Å². The van der Waals surface area contributed by atoms with Gasteiger partial charge in [-0.15, -0.1) is 0 Å². The third kappa shape index (κ3) is 6.62. The van der Waals surface area contributed by atoms with E-state index < -0.39 is 110 Å². The summed E-state index contributed by atoms with van der Waals surface area (Å²) in [5, 5.41) is -16.1. The quantitative estimate of drug-likeness (QED) is 0.0912. The van der Waals surface area contributed by atoms with Gasteiger partial charge < -0.3 is 0 Å². The Labute approximate surface area is 250 Å². The molecule has 0 atom stereocenters. The molecular weight excluding hydrogens is 834 g/mol. The summed E-state index contributed by atoms with van der Waals surface area (Å²) >= 11 is 0. The highest BCUT2D eigenvalue weighted by molar-refractivity contribution is 7.88. The SMILES string of the molecule is O=S(=O)(OCCCOS(=O)(=O)C(F)(F)C(F)(F)C(F)(F)C(F)(F)C(F)(F)C(F)(F)F)C(F)(F)C(F)(F)C(F)(F)C(F)(F)C(F)(F)C(F)(F)F. The smallest absolute Gasteiger partial charge is 0.265 e. The van der Waals surface area contributed by atoms with Crippen molar-refractivity contribution in [3.63, 3.8) is 0 Å². The molecule has 0 saturated heterocycles. The Morgan fingerprint density at radius 2 is 0.490 bits per heavy atom. The van der Waals surface area contributed by atoms with Crippen molar-refractivity contribution in [1.82, 2.24) is 0 Å². The number of hydrogen-bond donors (Lipinski definition) is 0. The number of alkyl halides is 26. The van der Waals surface area contributed by atoms with Crippen molar-refractivity contribution in [2.45, 2.75) is 76.7 Å². The van der Waals surface area contributed by atoms with E-state index in [-0.39, 0.29) is 0 Å². The zero-order chi connectivity index (χ0) is 40.5. The predicted molar refractivity (Wildman–Crippen MR) is 95.9 cm³/mol. The third-order valence-electron chi connectivity index (χ3n) is 5.20. The summed E-state index contributed by atoms with van der Waals surface area (Å²) in [5.74, 6) is -68.4. The molecule has 0 spiro atoms. The Kier molecular flexibility index (Phi) is 11.8. The molecule has 0 aliphatic heterocycles. The Hall–Kier alpha value is -2.00. The summed E-state index contributed by atoms with van der Waals surface area (Å²) in [4.78, 5) is 0. The highest BCUT2D eigenvalue weighted by atomic mass is 32.2. The molecule has 6 nitrogen and oxygen atoms in total. The van der Waals surface area contributed by atoms with Crippen LogP contribution in [-0.4, -0.2) is 100 Å². The summed E-state index contributed by atoms with van der Waals surface area (Å²) in [7, 11) is -16.2. The van der Waals surface area contributed by atoms with Gasteiger partial charge in [0, 0.05) is 0 Å². The summed E-state index contributed by atoms with van der Waals surface area (Å²) in [6, 6.07) is 0. The van der Waals surface area contributed by atoms with Crippen LogP contribution in [0.3, 0.4) is 0 Å². The molecule has 0 fully saturated rings. The molecule has 0 aromatic rings. The van der Waals surface area contributed by atoms with Gasteiger partial charge in [0.25, 0.3) is 0 Å². The minimum Gasteiger partial charge on any atom is -0.265 e. The largest absolute Gasteiger partial charge is 0.460 e. The first-order valence-electron chi connectivity index (χ1n) is 10.4. The van der Waals surface area contributed by atoms with Crippen molar-refractivity contribution in [2.75, 3.05) is 13.2 Å². The molecule has 0 aromatic carbocycles. The second kappa shape index (κ2) is 12.3. The molecule has 0 bridgehead atoms. The van der Waals surface area contributed by atoms with Crippen LogP contribution in [0.5, 0.6) is 0 Å². The highest BCUT2D eigenvalue weighted by Gasteiger charge is 2.94. The molecule has 0 rings (SSSR count). The van der Waals surface area contributed by atoms with Gasteiger partial charge in [0.15, 0.2) is 0 Å². The number of hydrogen-bond acceptors (Lipinski definition) is 6. The molecule has 0 aliphatic carbocycles. The molecule has 0 N–H and O–H groups in total. The normalized spacial score (nSPS) is 16.7. The fraction of sp³-hybridized carbons (Fsp3) is 1.00. The van der Waals surface area contributed by atoms with Gasteiger partial charge in [-0.3, -0.25) is 8.37 Å². The fourth-order valence-corrected chi connectivity index (χ4v) is 4.22. The average Bonchev–Trinajstić information content (AvgIpc) is 2.85. The molecule has 0 aromatic heterocycles. The van der Waals surface area contributed by atoms with Crippen LogP contribution in [0.25, 0.3) is 0 Å². The molecular formula is C15H6F26O6S2. The first-order chi connectivity index (χ1) is 20.7. The van der Waals surface area contributed by atoms with Gasteiger partial charge in [0.1, 0.15) is 0 Å². The predicted octanol–water partition coefficient (Wildman–Crippen LogP) is 7.46. The van der Waals surface area contributed by atoms with Gasteiger partial charge in [0.05, 0.1) is 13.2 Å². The first-order valence-corrected chi connectivity index (χ1v) is 13.2. The van der Waals surface area contributed by atoms with Crippen LogP contribution >= 0.6 is 0 Å². The van der Waals surface area contributed by atoms with E-state index in [0.29, 0.717) is 0 Å². The number of rotatable bonds is 16. The minimum atomic E-state index is -8.71. The Morgan fingerprint density at radius 1 is 0.306 bits per heavy atom. The van der Waals surface area contributed by atoms with E-state index in [1.807, 2.05) is 0 Å². The van der Waals surface area contributed by atoms with Crippen LogP contribution in [0.15, 0.2) is 0 Å². The number of halogens is 26. The summed E-state index contributed by atoms with van der Waals surface area (Å²) in [5.41, 5.74) is 0. The van der Waals surface area contributed by atoms with Gasteiger partial charge in [-0.1, -0.05) is 0 Å². The minimum absolute atomic E-state index is 2.25. The molecule has 0 aliphatic rings. The molecule has 34 heteroatoms. The van der Waals surface area contributed by atoms with Crippen LogP contribution in [-0.2, 0) is 28.6 Å². The molecule has 0 saturated carbocycles. The highest BCUT2D eigenvalue weighted by Crippen LogP contribution is 2.62. The van der Waals surface area contributed by atoms with Gasteiger partial charge >= 0.3 is 90.5 Å². The van der Waals surface area contributed by atoms with E-state index in [2.05, 4.69) is 8.37 Å². The van der Waals surface area contributed by atoms with Crippen LogP contribution in [0.1, 0.15) is 6.42 Å². The van der Waals surface area contributed by atoms with E-state index in [9.17, 15) is 131 Å². The monoisotopic (exact) mass is 840 g/mol. The van der Waals surface area contributed by atoms with Crippen LogP contribution in [0.4, 0.5) is 114 Å². The van der Waals surface area contributed by atoms with Crippen molar-refractivity contribution in [1.29, 1.82) is 0 Å². The second-order valence-electron chi connectivity index (χ2n) is 8.53. The Morgan fingerprint density at radius 3 is 0.673 bits per heavy atom. The van der Waals surface area contributed by atoms with Crippen molar-refractivity contribution in [3.05, 3.63) is 0 Å². The van der Waals surface area contributed by atoms with Gasteiger partial charge in [-0.05, 0) is 6.42 Å². The summed E-state index contributed by atoms with van der Waals surface area (Å²) in [6.07, 6.45) is -18.1. The van der Waals surface area contributed by atoms with E-state index in [4.69, 9.17) is 0 Å². The van der Waals surface area contributed by atoms with Crippen molar-refractivity contribution >= 4 is 20.2 Å². The second-order valence-corrected chi connectivity index (χ2v) is 11.8. The van der Waals surface area contributed by atoms with Crippen LogP contribution in [0, 0.1) is 0 Å². The van der Waals surface area contributed by atoms with Gasteiger partial charge in [0.2, 0.25) is 0 Å². The van der Waals surface area contributed by atoms with Crippen molar-refractivity contribution in [2.24, 2.45) is 0 Å². The molecule has 0 radical (unpaired) electrons. The topological polar surface area (TPSA) is 86.7 Å². The fourth-order valence-electron chi connectivity index (χ4n) is 2.37. The zero-order valence-corrected chi connectivity index (χ0v) is 22.8. The summed E-state index contributed by atoms with van der Waals surface area (Å²) in [6.45, 7) is -5.34. The van der Waals surface area contributed by atoms with E-state index in [1.54, 1.807) is 0 Å². The standard InChI is InChI=1S/C15H6F26O6S2/c16-4(17,8(24,25)12(32,33)34)6(20,21)10(28,29)14(38,39)48(42,43)46-2-1-3-47-49(44,45)15(40,41)11(30,31)7(22,23)5(18,19)9(26,27)13(35,36)37/h1-3H2.